The predicted octanol–water partition coefficient (Wildman–Crippen LogP) is 3.11. The number of nitrogens with one attached hydrogen (secondary N) is 1. The molecule has 3 aromatic heterocycles. The summed E-state index contributed by atoms with van der Waals surface area (Å²) in [6, 6.07) is 6.77. The van der Waals surface area contributed by atoms with Crippen molar-refractivity contribution in [2.45, 2.75) is 52.8 Å². The van der Waals surface area contributed by atoms with Crippen LogP contribution in [0.15, 0.2) is 50.9 Å². The van der Waals surface area contributed by atoms with Gasteiger partial charge in [-0.15, -0.1) is 0 Å². The van der Waals surface area contributed by atoms with Crippen LogP contribution in [0.4, 0.5) is 0 Å². The monoisotopic (exact) mass is 451 g/mol. The van der Waals surface area contributed by atoms with Gasteiger partial charge in [-0.2, -0.15) is 0 Å². The average molecular weight is 451 g/mol. The molecule has 0 unspecified atom stereocenters. The van der Waals surface area contributed by atoms with Gasteiger partial charge in [-0.25, -0.2) is 19.6 Å². The van der Waals surface area contributed by atoms with Crippen molar-refractivity contribution < 1.29 is 13.9 Å². The van der Waals surface area contributed by atoms with E-state index in [1.165, 1.54) is 11.0 Å². The summed E-state index contributed by atoms with van der Waals surface area (Å²) in [7, 11) is 0. The fourth-order valence-corrected chi connectivity index (χ4v) is 3.66. The first-order valence-electron chi connectivity index (χ1n) is 10.9. The van der Waals surface area contributed by atoms with Crippen molar-refractivity contribution in [1.29, 1.82) is 0 Å². The summed E-state index contributed by atoms with van der Waals surface area (Å²) < 4.78 is 13.9. The topological polar surface area (TPSA) is 125 Å². The van der Waals surface area contributed by atoms with Crippen LogP contribution in [0, 0.1) is 0 Å². The minimum absolute atomic E-state index is 0.126. The van der Waals surface area contributed by atoms with Crippen LogP contribution < -0.4 is 11.2 Å². The van der Waals surface area contributed by atoms with Crippen LogP contribution in [0.3, 0.4) is 0 Å². The van der Waals surface area contributed by atoms with E-state index in [9.17, 15) is 14.4 Å². The highest BCUT2D eigenvalue weighted by molar-refractivity contribution is 5.90. The zero-order valence-electron chi connectivity index (χ0n) is 18.5. The number of aryl methyl sites for hydroxylation is 2. The molecule has 10 heteroatoms. The van der Waals surface area contributed by atoms with Crippen molar-refractivity contribution in [3.8, 4) is 11.3 Å². The molecule has 0 amide bonds. The van der Waals surface area contributed by atoms with Gasteiger partial charge in [-0.3, -0.25) is 14.3 Å². The first-order valence-corrected chi connectivity index (χ1v) is 10.9. The summed E-state index contributed by atoms with van der Waals surface area (Å²) in [5.74, 6) is 0.494. The maximum absolute atomic E-state index is 12.6. The van der Waals surface area contributed by atoms with Crippen molar-refractivity contribution in [2.24, 2.45) is 0 Å². The van der Waals surface area contributed by atoms with Crippen molar-refractivity contribution in [1.82, 2.24) is 24.1 Å². The van der Waals surface area contributed by atoms with Gasteiger partial charge in [-0.1, -0.05) is 32.4 Å². The zero-order chi connectivity index (χ0) is 23.4. The number of imidazole rings is 1. The number of aromatic amines is 1. The number of ether oxygens (including phenoxy) is 1. The highest BCUT2D eigenvalue weighted by atomic mass is 16.5. The third-order valence-electron chi connectivity index (χ3n) is 5.32. The van der Waals surface area contributed by atoms with E-state index in [0.29, 0.717) is 41.4 Å². The molecule has 0 saturated heterocycles. The molecule has 0 radical (unpaired) electrons. The van der Waals surface area contributed by atoms with Crippen molar-refractivity contribution in [3.63, 3.8) is 0 Å². The Morgan fingerprint density at radius 1 is 1.09 bits per heavy atom. The fraction of sp³-hybridized carbons (Fsp3) is 0.348. The number of nitrogens with zero attached hydrogens (tertiary/aromatic N) is 4. The first-order chi connectivity index (χ1) is 16.0. The highest BCUT2D eigenvalue weighted by Crippen LogP contribution is 2.20. The number of unbranched alkanes of at least 4 members (excludes halogenated alkanes) is 1. The number of fused-ring (bicyclic) bond motifs is 1. The number of oxazole rings is 1. The number of rotatable bonds is 9. The Hall–Kier alpha value is -3.95. The van der Waals surface area contributed by atoms with Crippen LogP contribution in [-0.4, -0.2) is 30.1 Å². The highest BCUT2D eigenvalue weighted by Gasteiger charge is 2.19. The standard InChI is InChI=1S/C23H25N5O5/c1-3-5-11-28-20-19(21(29)26-23(28)31)27(10-4-2)18(25-20)13-32-22(30)16-8-6-15(7-9-16)17-12-24-14-33-17/h6-9,12,14H,3-5,10-11,13H2,1-2H3,(H,26,29,31). The number of carbonyl (C=O) groups is 1. The molecule has 1 aromatic carbocycles. The van der Waals surface area contributed by atoms with Crippen LogP contribution in [0.2, 0.25) is 0 Å². The molecular weight excluding hydrogens is 426 g/mol. The Bertz CT molecular complexity index is 1360. The van der Waals surface area contributed by atoms with Gasteiger partial charge in [0.25, 0.3) is 5.56 Å². The SMILES string of the molecule is CCCCn1c(=O)[nH]c(=O)c2c1nc(COC(=O)c1ccc(-c3cnco3)cc1)n2CCC. The minimum atomic E-state index is -0.522. The van der Waals surface area contributed by atoms with Crippen LogP contribution in [0.5, 0.6) is 0 Å². The van der Waals surface area contributed by atoms with Gasteiger partial charge in [0, 0.05) is 18.7 Å². The molecule has 0 aliphatic rings. The lowest BCUT2D eigenvalue weighted by atomic mass is 10.1. The number of H-pyrrole nitrogens is 1. The molecule has 0 aliphatic heterocycles. The zero-order valence-corrected chi connectivity index (χ0v) is 18.5. The third-order valence-corrected chi connectivity index (χ3v) is 5.32. The summed E-state index contributed by atoms with van der Waals surface area (Å²) in [5.41, 5.74) is 0.803. The maximum atomic E-state index is 12.6. The second kappa shape index (κ2) is 9.68. The first kappa shape index (κ1) is 22.3. The summed E-state index contributed by atoms with van der Waals surface area (Å²) in [6.07, 6.45) is 5.33. The summed E-state index contributed by atoms with van der Waals surface area (Å²) in [5, 5.41) is 0. The quantitative estimate of drug-likeness (QED) is 0.388. The van der Waals surface area contributed by atoms with Crippen LogP contribution in [0.1, 0.15) is 49.3 Å². The lowest BCUT2D eigenvalue weighted by molar-refractivity contribution is 0.0458. The smallest absolute Gasteiger partial charge is 0.338 e. The van der Waals surface area contributed by atoms with Crippen molar-refractivity contribution >= 4 is 17.1 Å². The van der Waals surface area contributed by atoms with E-state index >= 15 is 0 Å². The van der Waals surface area contributed by atoms with E-state index in [1.807, 2.05) is 13.8 Å². The van der Waals surface area contributed by atoms with Gasteiger partial charge in [0.1, 0.15) is 12.4 Å². The number of hydrogen-bond acceptors (Lipinski definition) is 7. The maximum Gasteiger partial charge on any atom is 0.338 e. The van der Waals surface area contributed by atoms with Gasteiger partial charge in [-0.05, 0) is 25.0 Å². The number of hydrogen-bond donors (Lipinski definition) is 1. The van der Waals surface area contributed by atoms with E-state index in [-0.39, 0.29) is 6.61 Å². The Balaban J connectivity index is 1.60. The van der Waals surface area contributed by atoms with Crippen LogP contribution in [-0.2, 0) is 24.4 Å². The molecule has 0 atom stereocenters. The van der Waals surface area contributed by atoms with E-state index in [1.54, 1.807) is 35.0 Å². The Morgan fingerprint density at radius 3 is 2.55 bits per heavy atom. The van der Waals surface area contributed by atoms with Gasteiger partial charge >= 0.3 is 11.7 Å². The van der Waals surface area contributed by atoms with Crippen molar-refractivity contribution in [2.75, 3.05) is 0 Å². The molecule has 0 bridgehead atoms. The molecule has 10 nitrogen and oxygen atoms in total. The molecule has 4 aromatic rings. The fourth-order valence-electron chi connectivity index (χ4n) is 3.66. The summed E-state index contributed by atoms with van der Waals surface area (Å²) >= 11 is 0. The number of aromatic nitrogens is 5. The second-order valence-electron chi connectivity index (χ2n) is 7.64. The molecule has 3 heterocycles. The van der Waals surface area contributed by atoms with E-state index in [2.05, 4.69) is 15.0 Å². The molecular formula is C23H25N5O5. The molecule has 0 saturated carbocycles. The normalized spacial score (nSPS) is 11.2. The molecule has 0 spiro atoms. The summed E-state index contributed by atoms with van der Waals surface area (Å²) in [4.78, 5) is 48.3. The lowest BCUT2D eigenvalue weighted by Crippen LogP contribution is -2.31. The molecule has 1 N–H and O–H groups in total. The van der Waals surface area contributed by atoms with Gasteiger partial charge in [0.2, 0.25) is 0 Å². The van der Waals surface area contributed by atoms with Gasteiger partial charge in [0.15, 0.2) is 23.3 Å². The van der Waals surface area contributed by atoms with Crippen LogP contribution >= 0.6 is 0 Å². The largest absolute Gasteiger partial charge is 0.454 e. The van der Waals surface area contributed by atoms with Crippen LogP contribution in [0.25, 0.3) is 22.5 Å². The van der Waals surface area contributed by atoms with Gasteiger partial charge < -0.3 is 13.7 Å². The molecule has 4 rings (SSSR count). The molecule has 33 heavy (non-hydrogen) atoms. The van der Waals surface area contributed by atoms with Crippen molar-refractivity contribution in [3.05, 3.63) is 69.1 Å². The predicted molar refractivity (Wildman–Crippen MR) is 121 cm³/mol. The Morgan fingerprint density at radius 2 is 1.88 bits per heavy atom. The Kier molecular flexibility index (Phi) is 6.53. The lowest BCUT2D eigenvalue weighted by Gasteiger charge is -2.09. The number of benzene rings is 1. The average Bonchev–Trinajstić information content (AvgIpc) is 3.47. The van der Waals surface area contributed by atoms with Gasteiger partial charge in [0.05, 0.1) is 11.8 Å². The summed E-state index contributed by atoms with van der Waals surface area (Å²) in [6.45, 7) is 4.82. The van der Waals surface area contributed by atoms with E-state index in [0.717, 1.165) is 24.8 Å². The second-order valence-corrected chi connectivity index (χ2v) is 7.64. The minimum Gasteiger partial charge on any atom is -0.454 e. The molecule has 172 valence electrons. The van der Waals surface area contributed by atoms with E-state index < -0.39 is 17.2 Å². The number of esters is 1. The van der Waals surface area contributed by atoms with E-state index in [4.69, 9.17) is 9.15 Å². The number of carbonyl (C=O) groups excluding carboxylic acids is 1. The third kappa shape index (κ3) is 4.50. The molecule has 0 aliphatic carbocycles. The Labute approximate surface area is 188 Å². The molecule has 0 fully saturated rings.